The number of carbonyl (C=O) groups is 1. The van der Waals surface area contributed by atoms with E-state index in [0.717, 1.165) is 0 Å². The van der Waals surface area contributed by atoms with Gasteiger partial charge in [-0.3, -0.25) is 4.79 Å². The van der Waals surface area contributed by atoms with Crippen LogP contribution in [0.2, 0.25) is 0 Å². The fourth-order valence-corrected chi connectivity index (χ4v) is 1.50. The van der Waals surface area contributed by atoms with E-state index < -0.39 is 17.6 Å². The first-order valence-electron chi connectivity index (χ1n) is 5.12. The highest BCUT2D eigenvalue weighted by Crippen LogP contribution is 2.29. The summed E-state index contributed by atoms with van der Waals surface area (Å²) in [6.07, 6.45) is -4.08. The van der Waals surface area contributed by atoms with Crippen molar-refractivity contribution >= 4 is 5.91 Å². The summed E-state index contributed by atoms with van der Waals surface area (Å²) in [5, 5.41) is 3.01. The van der Waals surface area contributed by atoms with E-state index in [1.807, 2.05) is 0 Å². The van der Waals surface area contributed by atoms with Gasteiger partial charge in [0, 0.05) is 19.6 Å². The Morgan fingerprint density at radius 2 is 1.94 bits per heavy atom. The Bertz CT molecular complexity index is 257. The first-order valence-corrected chi connectivity index (χ1v) is 5.12. The second-order valence-corrected chi connectivity index (χ2v) is 4.10. The van der Waals surface area contributed by atoms with E-state index >= 15 is 0 Å². The van der Waals surface area contributed by atoms with E-state index in [1.54, 1.807) is 0 Å². The zero-order valence-electron chi connectivity index (χ0n) is 9.10. The zero-order chi connectivity index (χ0) is 12.4. The average molecular weight is 239 g/mol. The summed E-state index contributed by atoms with van der Waals surface area (Å²) >= 11 is 0. The van der Waals surface area contributed by atoms with Gasteiger partial charge < -0.3 is 16.0 Å². The number of hydrogen-bond donors (Lipinski definition) is 2. The van der Waals surface area contributed by atoms with Gasteiger partial charge >= 0.3 is 6.18 Å². The third-order valence-corrected chi connectivity index (χ3v) is 2.66. The number of halogens is 3. The van der Waals surface area contributed by atoms with Crippen LogP contribution in [0.4, 0.5) is 13.2 Å². The smallest absolute Gasteiger partial charge is 0.339 e. The van der Waals surface area contributed by atoms with Crippen LogP contribution in [0.25, 0.3) is 0 Å². The van der Waals surface area contributed by atoms with Crippen molar-refractivity contribution in [2.45, 2.75) is 25.1 Å². The summed E-state index contributed by atoms with van der Waals surface area (Å²) < 4.78 is 37.7. The van der Waals surface area contributed by atoms with Crippen molar-refractivity contribution in [1.29, 1.82) is 0 Å². The van der Waals surface area contributed by atoms with Gasteiger partial charge in [-0.15, -0.1) is 0 Å². The van der Waals surface area contributed by atoms with Gasteiger partial charge in [-0.1, -0.05) is 0 Å². The van der Waals surface area contributed by atoms with Crippen LogP contribution in [-0.4, -0.2) is 48.7 Å². The van der Waals surface area contributed by atoms with E-state index in [1.165, 1.54) is 4.90 Å². The number of nitrogens with zero attached hydrogens (tertiary/aromatic N) is 1. The van der Waals surface area contributed by atoms with Crippen LogP contribution in [0.3, 0.4) is 0 Å². The van der Waals surface area contributed by atoms with Crippen LogP contribution >= 0.6 is 0 Å². The molecular weight excluding hydrogens is 223 g/mol. The van der Waals surface area contributed by atoms with Gasteiger partial charge in [-0.2, -0.15) is 13.2 Å². The number of rotatable bonds is 1. The molecule has 1 aliphatic heterocycles. The molecule has 0 aliphatic carbocycles. The molecule has 16 heavy (non-hydrogen) atoms. The number of carbonyl (C=O) groups excluding carboxylic acids is 1. The molecule has 0 radical (unpaired) electrons. The highest BCUT2D eigenvalue weighted by molar-refractivity contribution is 5.86. The number of nitrogens with two attached hydrogens (primary N) is 1. The third kappa shape index (κ3) is 2.65. The molecule has 0 aromatic heterocycles. The fourth-order valence-electron chi connectivity index (χ4n) is 1.50. The van der Waals surface area contributed by atoms with Crippen molar-refractivity contribution < 1.29 is 18.0 Å². The molecular formula is C9H16F3N3O. The Balaban J connectivity index is 2.75. The SMILES string of the molecule is CC(N)(C(=O)N1CCCNCC1)C(F)(F)F. The van der Waals surface area contributed by atoms with Crippen molar-refractivity contribution in [3.63, 3.8) is 0 Å². The largest absolute Gasteiger partial charge is 0.415 e. The second kappa shape index (κ2) is 4.58. The van der Waals surface area contributed by atoms with Crippen molar-refractivity contribution in [3.05, 3.63) is 0 Å². The number of alkyl halides is 3. The van der Waals surface area contributed by atoms with Gasteiger partial charge in [-0.25, -0.2) is 0 Å². The van der Waals surface area contributed by atoms with E-state index in [-0.39, 0.29) is 6.54 Å². The summed E-state index contributed by atoms with van der Waals surface area (Å²) in [6.45, 7) is 2.50. The Labute approximate surface area is 92.0 Å². The summed E-state index contributed by atoms with van der Waals surface area (Å²) in [5.74, 6) is -1.05. The molecule has 1 heterocycles. The number of hydrogen-bond acceptors (Lipinski definition) is 3. The van der Waals surface area contributed by atoms with Crippen LogP contribution in [0.5, 0.6) is 0 Å². The minimum Gasteiger partial charge on any atom is -0.339 e. The van der Waals surface area contributed by atoms with Crippen molar-refractivity contribution in [2.24, 2.45) is 5.73 Å². The first-order chi connectivity index (χ1) is 7.27. The zero-order valence-corrected chi connectivity index (χ0v) is 9.10. The van der Waals surface area contributed by atoms with E-state index in [4.69, 9.17) is 5.73 Å². The molecule has 0 spiro atoms. The molecule has 0 saturated carbocycles. The Hall–Kier alpha value is -0.820. The monoisotopic (exact) mass is 239 g/mol. The fraction of sp³-hybridized carbons (Fsp3) is 0.889. The second-order valence-electron chi connectivity index (χ2n) is 4.10. The summed E-state index contributed by atoms with van der Waals surface area (Å²) in [5.41, 5.74) is 2.29. The Kier molecular flexibility index (Phi) is 3.80. The van der Waals surface area contributed by atoms with Crippen molar-refractivity contribution in [3.8, 4) is 0 Å². The maximum atomic E-state index is 12.6. The van der Waals surface area contributed by atoms with Gasteiger partial charge in [0.15, 0.2) is 5.54 Å². The lowest BCUT2D eigenvalue weighted by molar-refractivity contribution is -0.193. The third-order valence-electron chi connectivity index (χ3n) is 2.66. The number of amides is 1. The first kappa shape index (κ1) is 13.2. The molecule has 0 aromatic carbocycles. The molecule has 1 aliphatic rings. The highest BCUT2D eigenvalue weighted by atomic mass is 19.4. The Morgan fingerprint density at radius 3 is 2.50 bits per heavy atom. The standard InChI is InChI=1S/C9H16F3N3O/c1-8(13,9(10,11)12)7(16)15-5-2-3-14-4-6-15/h14H,2-6,13H2,1H3. The minimum absolute atomic E-state index is 0.266. The topological polar surface area (TPSA) is 58.4 Å². The van der Waals surface area contributed by atoms with Crippen molar-refractivity contribution in [1.82, 2.24) is 10.2 Å². The molecule has 1 fully saturated rings. The van der Waals surface area contributed by atoms with E-state index in [9.17, 15) is 18.0 Å². The van der Waals surface area contributed by atoms with Gasteiger partial charge in [-0.05, 0) is 19.9 Å². The molecule has 1 saturated heterocycles. The van der Waals surface area contributed by atoms with E-state index in [2.05, 4.69) is 5.32 Å². The quantitative estimate of drug-likeness (QED) is 0.681. The van der Waals surface area contributed by atoms with Crippen LogP contribution < -0.4 is 11.1 Å². The lowest BCUT2D eigenvalue weighted by atomic mass is 10.0. The lowest BCUT2D eigenvalue weighted by Crippen LogP contribution is -2.62. The van der Waals surface area contributed by atoms with Gasteiger partial charge in [0.2, 0.25) is 0 Å². The van der Waals surface area contributed by atoms with Crippen LogP contribution in [0.15, 0.2) is 0 Å². The molecule has 1 rings (SSSR count). The predicted molar refractivity (Wildman–Crippen MR) is 52.7 cm³/mol. The molecule has 94 valence electrons. The summed E-state index contributed by atoms with van der Waals surface area (Å²) in [7, 11) is 0. The minimum atomic E-state index is -4.72. The Morgan fingerprint density at radius 1 is 1.31 bits per heavy atom. The summed E-state index contributed by atoms with van der Waals surface area (Å²) in [6, 6.07) is 0. The van der Waals surface area contributed by atoms with Gasteiger partial charge in [0.05, 0.1) is 0 Å². The molecule has 3 N–H and O–H groups in total. The highest BCUT2D eigenvalue weighted by Gasteiger charge is 2.55. The average Bonchev–Trinajstić information content (AvgIpc) is 2.42. The molecule has 1 unspecified atom stereocenters. The predicted octanol–water partition coefficient (Wildman–Crippen LogP) is 0.0880. The molecule has 1 amide bonds. The van der Waals surface area contributed by atoms with Gasteiger partial charge in [0.25, 0.3) is 5.91 Å². The molecule has 0 aromatic rings. The molecule has 4 nitrogen and oxygen atoms in total. The van der Waals surface area contributed by atoms with Crippen LogP contribution in [0.1, 0.15) is 13.3 Å². The van der Waals surface area contributed by atoms with Crippen molar-refractivity contribution in [2.75, 3.05) is 26.2 Å². The molecule has 1 atom stereocenters. The summed E-state index contributed by atoms with van der Waals surface area (Å²) in [4.78, 5) is 12.8. The normalized spacial score (nSPS) is 22.4. The van der Waals surface area contributed by atoms with Gasteiger partial charge in [0.1, 0.15) is 0 Å². The van der Waals surface area contributed by atoms with Crippen LogP contribution in [0, 0.1) is 0 Å². The molecule has 7 heteroatoms. The lowest BCUT2D eigenvalue weighted by Gasteiger charge is -2.32. The maximum Gasteiger partial charge on any atom is 0.415 e. The molecule has 0 bridgehead atoms. The maximum absolute atomic E-state index is 12.6. The van der Waals surface area contributed by atoms with E-state index in [0.29, 0.717) is 33.0 Å². The number of nitrogens with one attached hydrogen (secondary N) is 1. The van der Waals surface area contributed by atoms with Crippen LogP contribution in [-0.2, 0) is 4.79 Å².